The topological polar surface area (TPSA) is 31.4 Å². The molecule has 4 aromatic rings. The Morgan fingerprint density at radius 3 is 2.26 bits per heavy atom. The summed E-state index contributed by atoms with van der Waals surface area (Å²) in [6, 6.07) is 17.2. The lowest BCUT2D eigenvalue weighted by molar-refractivity contribution is 0.00578. The van der Waals surface area contributed by atoms with Crippen LogP contribution in [-0.4, -0.2) is 23.3 Å². The number of hydrogen-bond donors (Lipinski definition) is 0. The average molecular weight is 355 g/mol. The largest absolute Gasteiger partial charge is 0.495 e. The first kappa shape index (κ1) is 16.7. The minimum atomic E-state index is -0.400. The van der Waals surface area contributed by atoms with Crippen molar-refractivity contribution in [3.05, 3.63) is 60.9 Å². The molecular weight excluding hydrogens is 333 g/mol. The molecule has 0 amide bonds. The van der Waals surface area contributed by atoms with E-state index in [1.54, 1.807) is 0 Å². The molecule has 4 heteroatoms. The molecule has 3 nitrogen and oxygen atoms in total. The first-order valence-electron chi connectivity index (χ1n) is 9.41. The first-order valence-corrected chi connectivity index (χ1v) is 9.41. The highest BCUT2D eigenvalue weighted by molar-refractivity contribution is 6.66. The number of hydrogen-bond acceptors (Lipinski definition) is 3. The van der Waals surface area contributed by atoms with Gasteiger partial charge in [-0.05, 0) is 66.2 Å². The van der Waals surface area contributed by atoms with Gasteiger partial charge in [0, 0.05) is 17.8 Å². The lowest BCUT2D eigenvalue weighted by atomic mass is 9.74. The van der Waals surface area contributed by atoms with Crippen LogP contribution in [0.4, 0.5) is 0 Å². The van der Waals surface area contributed by atoms with Crippen LogP contribution in [0.3, 0.4) is 0 Å². The van der Waals surface area contributed by atoms with E-state index in [4.69, 9.17) is 9.31 Å². The summed E-state index contributed by atoms with van der Waals surface area (Å²) in [5.74, 6) is 0. The highest BCUT2D eigenvalue weighted by Crippen LogP contribution is 2.38. The molecule has 0 aliphatic carbocycles. The molecule has 27 heavy (non-hydrogen) atoms. The lowest BCUT2D eigenvalue weighted by Crippen LogP contribution is -2.41. The zero-order chi connectivity index (χ0) is 18.8. The normalized spacial score (nSPS) is 18.6. The standard InChI is InChI=1S/C23H22BNO2/c1-22(2)23(3,4)27-24(26-22)20-13-16-14-25-12-11-18(16)21-17-8-6-5-7-15(17)9-10-19(20)21/h5-14H,1-4H3. The zero-order valence-electron chi connectivity index (χ0n) is 16.1. The maximum atomic E-state index is 6.38. The highest BCUT2D eigenvalue weighted by atomic mass is 16.7. The number of rotatable bonds is 1. The Labute approximate surface area is 159 Å². The van der Waals surface area contributed by atoms with E-state index in [2.05, 4.69) is 81.2 Å². The highest BCUT2D eigenvalue weighted by Gasteiger charge is 2.52. The third-order valence-electron chi connectivity index (χ3n) is 6.18. The third kappa shape index (κ3) is 2.40. The molecule has 1 fully saturated rings. The molecule has 1 aromatic heterocycles. The number of aromatic nitrogens is 1. The van der Waals surface area contributed by atoms with E-state index in [-0.39, 0.29) is 11.2 Å². The van der Waals surface area contributed by atoms with Gasteiger partial charge in [-0.15, -0.1) is 0 Å². The van der Waals surface area contributed by atoms with Crippen LogP contribution in [0.15, 0.2) is 60.9 Å². The number of pyridine rings is 1. The smallest absolute Gasteiger partial charge is 0.399 e. The van der Waals surface area contributed by atoms with E-state index in [0.717, 1.165) is 10.8 Å². The van der Waals surface area contributed by atoms with Gasteiger partial charge in [-0.25, -0.2) is 0 Å². The van der Waals surface area contributed by atoms with Gasteiger partial charge in [0.05, 0.1) is 11.2 Å². The minimum Gasteiger partial charge on any atom is -0.399 e. The Morgan fingerprint density at radius 2 is 1.48 bits per heavy atom. The summed E-state index contributed by atoms with van der Waals surface area (Å²) in [6.45, 7) is 8.36. The summed E-state index contributed by atoms with van der Waals surface area (Å²) < 4.78 is 12.8. The maximum Gasteiger partial charge on any atom is 0.495 e. The van der Waals surface area contributed by atoms with Crippen molar-refractivity contribution in [1.29, 1.82) is 0 Å². The molecule has 0 N–H and O–H groups in total. The van der Waals surface area contributed by atoms with Crippen molar-refractivity contribution in [1.82, 2.24) is 4.98 Å². The van der Waals surface area contributed by atoms with Crippen LogP contribution < -0.4 is 5.46 Å². The molecule has 1 saturated heterocycles. The van der Waals surface area contributed by atoms with Crippen molar-refractivity contribution in [2.24, 2.45) is 0 Å². The quantitative estimate of drug-likeness (QED) is 0.362. The second-order valence-corrected chi connectivity index (χ2v) is 8.36. The van der Waals surface area contributed by atoms with Crippen LogP contribution in [0.5, 0.6) is 0 Å². The van der Waals surface area contributed by atoms with E-state index >= 15 is 0 Å². The second-order valence-electron chi connectivity index (χ2n) is 8.36. The van der Waals surface area contributed by atoms with Crippen LogP contribution in [0.25, 0.3) is 32.3 Å². The van der Waals surface area contributed by atoms with E-state index in [0.29, 0.717) is 0 Å². The molecule has 1 aliphatic heterocycles. The maximum absolute atomic E-state index is 6.38. The third-order valence-corrected chi connectivity index (χ3v) is 6.18. The van der Waals surface area contributed by atoms with Crippen LogP contribution in [0.1, 0.15) is 27.7 Å². The second kappa shape index (κ2) is 5.54. The Hall–Kier alpha value is -2.43. The van der Waals surface area contributed by atoms with E-state index in [9.17, 15) is 0 Å². The van der Waals surface area contributed by atoms with Gasteiger partial charge in [-0.1, -0.05) is 42.5 Å². The van der Waals surface area contributed by atoms with E-state index in [1.165, 1.54) is 26.9 Å². The summed E-state index contributed by atoms with van der Waals surface area (Å²) in [7, 11) is -0.400. The fourth-order valence-corrected chi connectivity index (χ4v) is 3.96. The van der Waals surface area contributed by atoms with Gasteiger partial charge in [0.2, 0.25) is 0 Å². The molecule has 0 saturated carbocycles. The van der Waals surface area contributed by atoms with Gasteiger partial charge in [-0.2, -0.15) is 0 Å². The number of fused-ring (bicyclic) bond motifs is 5. The molecule has 0 spiro atoms. The van der Waals surface area contributed by atoms with Gasteiger partial charge in [-0.3, -0.25) is 4.98 Å². The van der Waals surface area contributed by atoms with Gasteiger partial charge >= 0.3 is 7.12 Å². The monoisotopic (exact) mass is 355 g/mol. The van der Waals surface area contributed by atoms with Crippen molar-refractivity contribution in [2.45, 2.75) is 38.9 Å². The van der Waals surface area contributed by atoms with Gasteiger partial charge < -0.3 is 9.31 Å². The lowest BCUT2D eigenvalue weighted by Gasteiger charge is -2.32. The predicted molar refractivity (Wildman–Crippen MR) is 112 cm³/mol. The fraction of sp³-hybridized carbons (Fsp3) is 0.261. The molecular formula is C23H22BNO2. The molecule has 5 rings (SSSR count). The Kier molecular flexibility index (Phi) is 3.43. The predicted octanol–water partition coefficient (Wildman–Crippen LogP) is 4.84. The minimum absolute atomic E-state index is 0.370. The molecule has 2 heterocycles. The van der Waals surface area contributed by atoms with Gasteiger partial charge in [0.25, 0.3) is 0 Å². The van der Waals surface area contributed by atoms with Crippen LogP contribution in [0.2, 0.25) is 0 Å². The summed E-state index contributed by atoms with van der Waals surface area (Å²) >= 11 is 0. The molecule has 0 atom stereocenters. The van der Waals surface area contributed by atoms with E-state index < -0.39 is 7.12 Å². The van der Waals surface area contributed by atoms with Gasteiger partial charge in [0.15, 0.2) is 0 Å². The van der Waals surface area contributed by atoms with Crippen molar-refractivity contribution in [3.8, 4) is 0 Å². The molecule has 0 unspecified atom stereocenters. The molecule has 0 radical (unpaired) electrons. The molecule has 134 valence electrons. The molecule has 1 aliphatic rings. The van der Waals surface area contributed by atoms with Crippen molar-refractivity contribution >= 4 is 44.9 Å². The van der Waals surface area contributed by atoms with Gasteiger partial charge in [0.1, 0.15) is 0 Å². The average Bonchev–Trinajstić information content (AvgIpc) is 2.87. The summed E-state index contributed by atoms with van der Waals surface area (Å²) in [5, 5.41) is 7.19. The fourth-order valence-electron chi connectivity index (χ4n) is 3.96. The van der Waals surface area contributed by atoms with Crippen LogP contribution in [0, 0.1) is 0 Å². The van der Waals surface area contributed by atoms with Crippen molar-refractivity contribution in [2.75, 3.05) is 0 Å². The molecule has 0 bridgehead atoms. The van der Waals surface area contributed by atoms with Crippen molar-refractivity contribution in [3.63, 3.8) is 0 Å². The zero-order valence-corrected chi connectivity index (χ0v) is 16.1. The summed E-state index contributed by atoms with van der Waals surface area (Å²) in [6.07, 6.45) is 3.78. The molecule has 3 aromatic carbocycles. The van der Waals surface area contributed by atoms with Crippen molar-refractivity contribution < 1.29 is 9.31 Å². The Morgan fingerprint density at radius 1 is 0.778 bits per heavy atom. The summed E-state index contributed by atoms with van der Waals surface area (Å²) in [5.41, 5.74) is 0.324. The van der Waals surface area contributed by atoms with Crippen LogP contribution >= 0.6 is 0 Å². The number of nitrogens with zero attached hydrogens (tertiary/aromatic N) is 1. The number of benzene rings is 3. The van der Waals surface area contributed by atoms with Crippen LogP contribution in [-0.2, 0) is 9.31 Å². The van der Waals surface area contributed by atoms with E-state index in [1.807, 2.05) is 12.4 Å². The first-order chi connectivity index (χ1) is 12.9. The Bertz CT molecular complexity index is 1170. The Balaban J connectivity index is 1.87. The summed E-state index contributed by atoms with van der Waals surface area (Å²) in [4.78, 5) is 4.34. The SMILES string of the molecule is CC1(C)OB(c2cc3cnccc3c3c2ccc2ccccc23)OC1(C)C.